The van der Waals surface area contributed by atoms with E-state index < -0.39 is 5.82 Å². The molecule has 0 radical (unpaired) electrons. The number of ketones is 1. The number of benzene rings is 1. The molecule has 0 saturated carbocycles. The fourth-order valence-electron chi connectivity index (χ4n) is 1.62. The summed E-state index contributed by atoms with van der Waals surface area (Å²) in [4.78, 5) is 16.1. The van der Waals surface area contributed by atoms with Gasteiger partial charge in [-0.2, -0.15) is 0 Å². The molecule has 0 aliphatic heterocycles. The summed E-state index contributed by atoms with van der Waals surface area (Å²) in [6.07, 6.45) is 1.86. The Kier molecular flexibility index (Phi) is 3.28. The maximum absolute atomic E-state index is 13.0. The van der Waals surface area contributed by atoms with Gasteiger partial charge < -0.3 is 0 Å². The molecule has 0 aliphatic carbocycles. The highest BCUT2D eigenvalue weighted by Gasteiger charge is 2.10. The number of nitrogens with zero attached hydrogens (tertiary/aromatic N) is 1. The lowest BCUT2D eigenvalue weighted by atomic mass is 10.0. The molecule has 0 atom stereocenters. The summed E-state index contributed by atoms with van der Waals surface area (Å²) in [5.41, 5.74) is 2.09. The number of carbonyl (C=O) groups is 1. The molecule has 0 spiro atoms. The van der Waals surface area contributed by atoms with Gasteiger partial charge in [-0.15, -0.1) is 0 Å². The Bertz CT molecular complexity index is 551. The van der Waals surface area contributed by atoms with E-state index in [9.17, 15) is 9.18 Å². The lowest BCUT2D eigenvalue weighted by Crippen LogP contribution is -2.06. The molecule has 0 amide bonds. The molecule has 2 aromatic rings. The number of pyridine rings is 1. The van der Waals surface area contributed by atoms with Crippen LogP contribution in [0.2, 0.25) is 0 Å². The Morgan fingerprint density at radius 2 is 2.12 bits per heavy atom. The number of aromatic nitrogens is 1. The molecule has 0 fully saturated rings. The van der Waals surface area contributed by atoms with Crippen LogP contribution < -0.4 is 0 Å². The van der Waals surface area contributed by atoms with Crippen molar-refractivity contribution in [3.05, 3.63) is 65.2 Å². The van der Waals surface area contributed by atoms with E-state index in [2.05, 4.69) is 4.98 Å². The summed E-state index contributed by atoms with van der Waals surface area (Å²) < 4.78 is 13.0. The van der Waals surface area contributed by atoms with E-state index in [-0.39, 0.29) is 12.2 Å². The summed E-state index contributed by atoms with van der Waals surface area (Å²) in [6, 6.07) is 9.45. The van der Waals surface area contributed by atoms with Gasteiger partial charge in [-0.05, 0) is 30.7 Å². The number of halogens is 1. The summed E-state index contributed by atoms with van der Waals surface area (Å²) in [7, 11) is 0. The van der Waals surface area contributed by atoms with Crippen LogP contribution in [0.4, 0.5) is 4.39 Å². The maximum atomic E-state index is 13.0. The first-order chi connectivity index (χ1) is 8.16. The molecular formula is C14H12FNO. The second-order valence-electron chi connectivity index (χ2n) is 3.88. The van der Waals surface area contributed by atoms with Gasteiger partial charge in [-0.25, -0.2) is 4.39 Å². The molecule has 0 unspecified atom stereocenters. The van der Waals surface area contributed by atoms with Gasteiger partial charge in [0.1, 0.15) is 5.82 Å². The highest BCUT2D eigenvalue weighted by molar-refractivity contribution is 5.97. The molecule has 0 aliphatic rings. The second kappa shape index (κ2) is 4.87. The van der Waals surface area contributed by atoms with Crippen molar-refractivity contribution < 1.29 is 9.18 Å². The van der Waals surface area contributed by atoms with Crippen molar-refractivity contribution in [1.82, 2.24) is 4.98 Å². The van der Waals surface area contributed by atoms with Crippen LogP contribution in [0.3, 0.4) is 0 Å². The highest BCUT2D eigenvalue weighted by atomic mass is 19.1. The zero-order valence-electron chi connectivity index (χ0n) is 9.48. The van der Waals surface area contributed by atoms with E-state index in [0.717, 1.165) is 11.3 Å². The van der Waals surface area contributed by atoms with Crippen molar-refractivity contribution in [1.29, 1.82) is 0 Å². The average molecular weight is 229 g/mol. The number of hydrogen-bond acceptors (Lipinski definition) is 2. The van der Waals surface area contributed by atoms with E-state index in [1.807, 2.05) is 19.1 Å². The minimum absolute atomic E-state index is 0.119. The second-order valence-corrected chi connectivity index (χ2v) is 3.88. The van der Waals surface area contributed by atoms with Crippen molar-refractivity contribution in [3.8, 4) is 0 Å². The first kappa shape index (κ1) is 11.5. The third-order valence-electron chi connectivity index (χ3n) is 2.59. The monoisotopic (exact) mass is 229 g/mol. The number of rotatable bonds is 3. The quantitative estimate of drug-likeness (QED) is 0.757. The number of hydrogen-bond donors (Lipinski definition) is 0. The van der Waals surface area contributed by atoms with Crippen molar-refractivity contribution in [3.63, 3.8) is 0 Å². The molecule has 3 heteroatoms. The standard InChI is InChI=1S/C14H12FNO/c1-10-4-3-7-16-13(10)9-14(17)11-5-2-6-12(15)8-11/h2-8H,9H2,1H3. The topological polar surface area (TPSA) is 30.0 Å². The Balaban J connectivity index is 2.20. The van der Waals surface area contributed by atoms with Gasteiger partial charge in [0.15, 0.2) is 5.78 Å². The van der Waals surface area contributed by atoms with Crippen LogP contribution in [0.25, 0.3) is 0 Å². The van der Waals surface area contributed by atoms with E-state index >= 15 is 0 Å². The lowest BCUT2D eigenvalue weighted by molar-refractivity contribution is 0.0991. The van der Waals surface area contributed by atoms with Crippen molar-refractivity contribution in [2.24, 2.45) is 0 Å². The van der Waals surface area contributed by atoms with Crippen LogP contribution in [0.15, 0.2) is 42.6 Å². The zero-order chi connectivity index (χ0) is 12.3. The summed E-state index contributed by atoms with van der Waals surface area (Å²) >= 11 is 0. The minimum Gasteiger partial charge on any atom is -0.294 e. The van der Waals surface area contributed by atoms with Gasteiger partial charge in [0, 0.05) is 11.8 Å². The van der Waals surface area contributed by atoms with E-state index in [0.29, 0.717) is 5.56 Å². The van der Waals surface area contributed by atoms with Gasteiger partial charge in [-0.1, -0.05) is 18.2 Å². The van der Waals surface area contributed by atoms with Crippen LogP contribution >= 0.6 is 0 Å². The Morgan fingerprint density at radius 1 is 1.29 bits per heavy atom. The molecule has 1 aromatic heterocycles. The minimum atomic E-state index is -0.395. The largest absolute Gasteiger partial charge is 0.294 e. The molecule has 86 valence electrons. The van der Waals surface area contributed by atoms with E-state index in [4.69, 9.17) is 0 Å². The van der Waals surface area contributed by atoms with Gasteiger partial charge in [0.25, 0.3) is 0 Å². The molecular weight excluding hydrogens is 217 g/mol. The molecule has 2 nitrogen and oxygen atoms in total. The van der Waals surface area contributed by atoms with Crippen LogP contribution in [0.1, 0.15) is 21.6 Å². The molecule has 1 aromatic carbocycles. The SMILES string of the molecule is Cc1cccnc1CC(=O)c1cccc(F)c1. The molecule has 2 rings (SSSR count). The van der Waals surface area contributed by atoms with Gasteiger partial charge in [-0.3, -0.25) is 9.78 Å². The third kappa shape index (κ3) is 2.75. The van der Waals surface area contributed by atoms with Crippen LogP contribution in [0.5, 0.6) is 0 Å². The van der Waals surface area contributed by atoms with Crippen LogP contribution in [-0.4, -0.2) is 10.8 Å². The average Bonchev–Trinajstić information content (AvgIpc) is 2.32. The van der Waals surface area contributed by atoms with Crippen LogP contribution in [0, 0.1) is 12.7 Å². The zero-order valence-corrected chi connectivity index (χ0v) is 9.48. The van der Waals surface area contributed by atoms with Crippen LogP contribution in [-0.2, 0) is 6.42 Å². The van der Waals surface area contributed by atoms with Crippen molar-refractivity contribution >= 4 is 5.78 Å². The summed E-state index contributed by atoms with van der Waals surface area (Å²) in [5.74, 6) is -0.514. The predicted octanol–water partition coefficient (Wildman–Crippen LogP) is 2.95. The Morgan fingerprint density at radius 3 is 2.82 bits per heavy atom. The van der Waals surface area contributed by atoms with Gasteiger partial charge in [0.2, 0.25) is 0 Å². The fraction of sp³-hybridized carbons (Fsp3) is 0.143. The number of aryl methyl sites for hydroxylation is 1. The first-order valence-electron chi connectivity index (χ1n) is 5.36. The Labute approximate surface area is 99.1 Å². The Hall–Kier alpha value is -2.03. The lowest BCUT2D eigenvalue weighted by Gasteiger charge is -2.03. The highest BCUT2D eigenvalue weighted by Crippen LogP contribution is 2.10. The van der Waals surface area contributed by atoms with E-state index in [1.54, 1.807) is 12.3 Å². The normalized spacial score (nSPS) is 10.2. The van der Waals surface area contributed by atoms with Crippen molar-refractivity contribution in [2.75, 3.05) is 0 Å². The molecule has 0 saturated heterocycles. The smallest absolute Gasteiger partial charge is 0.168 e. The maximum Gasteiger partial charge on any atom is 0.168 e. The molecule has 0 bridgehead atoms. The first-order valence-corrected chi connectivity index (χ1v) is 5.36. The van der Waals surface area contributed by atoms with Crippen molar-refractivity contribution in [2.45, 2.75) is 13.3 Å². The summed E-state index contributed by atoms with van der Waals surface area (Å²) in [6.45, 7) is 1.90. The number of Topliss-reactive ketones (excluding diaryl/α,β-unsaturated/α-hetero) is 1. The molecule has 1 heterocycles. The van der Waals surface area contributed by atoms with Gasteiger partial charge >= 0.3 is 0 Å². The summed E-state index contributed by atoms with van der Waals surface area (Å²) in [5, 5.41) is 0. The number of carbonyl (C=O) groups excluding carboxylic acids is 1. The third-order valence-corrected chi connectivity index (χ3v) is 2.59. The fourth-order valence-corrected chi connectivity index (χ4v) is 1.62. The van der Waals surface area contributed by atoms with Gasteiger partial charge in [0.05, 0.1) is 12.1 Å². The van der Waals surface area contributed by atoms with E-state index in [1.165, 1.54) is 18.2 Å². The predicted molar refractivity (Wildman–Crippen MR) is 63.4 cm³/mol. The molecule has 0 N–H and O–H groups in total. The molecule has 17 heavy (non-hydrogen) atoms.